The standard InChI is InChI=1S/C12H12FN3O/c1-8-7-15-12(14-2)16-11(8)17-10-5-3-4-9(13)6-10/h3-7H,1-2H3,(H,14,15,16). The molecule has 0 unspecified atom stereocenters. The number of rotatable bonds is 3. The Morgan fingerprint density at radius 1 is 1.35 bits per heavy atom. The molecule has 17 heavy (non-hydrogen) atoms. The van der Waals surface area contributed by atoms with Gasteiger partial charge in [0.15, 0.2) is 0 Å². The van der Waals surface area contributed by atoms with Gasteiger partial charge in [-0.1, -0.05) is 6.07 Å². The lowest BCUT2D eigenvalue weighted by Gasteiger charge is -2.08. The number of halogens is 1. The maximum atomic E-state index is 13.0. The molecule has 88 valence electrons. The number of anilines is 1. The van der Waals surface area contributed by atoms with Crippen molar-refractivity contribution in [3.63, 3.8) is 0 Å². The highest BCUT2D eigenvalue weighted by molar-refractivity contribution is 5.35. The number of aromatic nitrogens is 2. The van der Waals surface area contributed by atoms with Crippen LogP contribution in [0.15, 0.2) is 30.5 Å². The first-order chi connectivity index (χ1) is 8.19. The summed E-state index contributed by atoms with van der Waals surface area (Å²) in [4.78, 5) is 8.19. The largest absolute Gasteiger partial charge is 0.438 e. The van der Waals surface area contributed by atoms with Gasteiger partial charge in [-0.3, -0.25) is 0 Å². The molecule has 0 saturated carbocycles. The third kappa shape index (κ3) is 2.69. The van der Waals surface area contributed by atoms with Gasteiger partial charge in [-0.15, -0.1) is 0 Å². The first-order valence-corrected chi connectivity index (χ1v) is 5.14. The zero-order chi connectivity index (χ0) is 12.3. The van der Waals surface area contributed by atoms with Gasteiger partial charge in [0, 0.05) is 24.9 Å². The molecule has 5 heteroatoms. The third-order valence-electron chi connectivity index (χ3n) is 2.16. The van der Waals surface area contributed by atoms with Crippen molar-refractivity contribution in [2.24, 2.45) is 0 Å². The van der Waals surface area contributed by atoms with Gasteiger partial charge in [-0.2, -0.15) is 4.98 Å². The van der Waals surface area contributed by atoms with Crippen molar-refractivity contribution in [3.05, 3.63) is 41.8 Å². The van der Waals surface area contributed by atoms with E-state index < -0.39 is 0 Å². The maximum absolute atomic E-state index is 13.0. The summed E-state index contributed by atoms with van der Waals surface area (Å²) in [6, 6.07) is 5.92. The van der Waals surface area contributed by atoms with Crippen molar-refractivity contribution in [1.29, 1.82) is 0 Å². The lowest BCUT2D eigenvalue weighted by Crippen LogP contribution is -1.99. The molecule has 2 rings (SSSR count). The van der Waals surface area contributed by atoms with Crippen LogP contribution >= 0.6 is 0 Å². The van der Waals surface area contributed by atoms with Crippen LogP contribution < -0.4 is 10.1 Å². The van der Waals surface area contributed by atoms with Gasteiger partial charge in [0.25, 0.3) is 0 Å². The fraction of sp³-hybridized carbons (Fsp3) is 0.167. The maximum Gasteiger partial charge on any atom is 0.226 e. The Morgan fingerprint density at radius 3 is 2.88 bits per heavy atom. The highest BCUT2D eigenvalue weighted by Crippen LogP contribution is 2.23. The molecule has 0 aliphatic rings. The number of nitrogens with one attached hydrogen (secondary N) is 1. The van der Waals surface area contributed by atoms with E-state index in [1.54, 1.807) is 25.4 Å². The smallest absolute Gasteiger partial charge is 0.226 e. The van der Waals surface area contributed by atoms with Crippen LogP contribution in [0.5, 0.6) is 11.6 Å². The molecule has 0 radical (unpaired) electrons. The van der Waals surface area contributed by atoms with E-state index in [4.69, 9.17) is 4.74 Å². The number of hydrogen-bond acceptors (Lipinski definition) is 4. The lowest BCUT2D eigenvalue weighted by molar-refractivity contribution is 0.453. The number of aryl methyl sites for hydroxylation is 1. The van der Waals surface area contributed by atoms with Gasteiger partial charge < -0.3 is 10.1 Å². The zero-order valence-electron chi connectivity index (χ0n) is 9.57. The molecule has 4 nitrogen and oxygen atoms in total. The summed E-state index contributed by atoms with van der Waals surface area (Å²) < 4.78 is 18.5. The molecule has 1 N–H and O–H groups in total. The van der Waals surface area contributed by atoms with E-state index in [0.717, 1.165) is 5.56 Å². The van der Waals surface area contributed by atoms with Crippen molar-refractivity contribution in [2.45, 2.75) is 6.92 Å². The van der Waals surface area contributed by atoms with Gasteiger partial charge in [0.05, 0.1) is 0 Å². The monoisotopic (exact) mass is 233 g/mol. The minimum absolute atomic E-state index is 0.344. The molecular formula is C12H12FN3O. The molecule has 0 aliphatic carbocycles. The second kappa shape index (κ2) is 4.78. The molecule has 0 amide bonds. The fourth-order valence-electron chi connectivity index (χ4n) is 1.29. The van der Waals surface area contributed by atoms with E-state index >= 15 is 0 Å². The summed E-state index contributed by atoms with van der Waals surface area (Å²) in [6.45, 7) is 1.83. The molecule has 0 saturated heterocycles. The van der Waals surface area contributed by atoms with Crippen LogP contribution in [-0.2, 0) is 0 Å². The van der Waals surface area contributed by atoms with E-state index in [2.05, 4.69) is 15.3 Å². The number of ether oxygens (including phenoxy) is 1. The Labute approximate surface area is 98.5 Å². The van der Waals surface area contributed by atoms with Crippen LogP contribution in [-0.4, -0.2) is 17.0 Å². The van der Waals surface area contributed by atoms with Crippen LogP contribution in [0.4, 0.5) is 10.3 Å². The average Bonchev–Trinajstić information content (AvgIpc) is 2.32. The quantitative estimate of drug-likeness (QED) is 0.885. The Morgan fingerprint density at radius 2 is 2.18 bits per heavy atom. The van der Waals surface area contributed by atoms with E-state index in [1.165, 1.54) is 12.1 Å². The van der Waals surface area contributed by atoms with E-state index in [-0.39, 0.29) is 5.82 Å². The van der Waals surface area contributed by atoms with Gasteiger partial charge in [-0.25, -0.2) is 9.37 Å². The molecule has 2 aromatic rings. The van der Waals surface area contributed by atoms with Crippen LogP contribution in [0.3, 0.4) is 0 Å². The zero-order valence-corrected chi connectivity index (χ0v) is 9.57. The van der Waals surface area contributed by atoms with Crippen LogP contribution in [0.25, 0.3) is 0 Å². The second-order valence-corrected chi connectivity index (χ2v) is 3.49. The fourth-order valence-corrected chi connectivity index (χ4v) is 1.29. The van der Waals surface area contributed by atoms with E-state index in [1.807, 2.05) is 6.92 Å². The van der Waals surface area contributed by atoms with Gasteiger partial charge in [-0.05, 0) is 19.1 Å². The Kier molecular flexibility index (Phi) is 3.18. The summed E-state index contributed by atoms with van der Waals surface area (Å²) in [5.41, 5.74) is 0.785. The van der Waals surface area contributed by atoms with E-state index in [9.17, 15) is 4.39 Å². The minimum Gasteiger partial charge on any atom is -0.438 e. The van der Waals surface area contributed by atoms with Crippen molar-refractivity contribution in [1.82, 2.24) is 9.97 Å². The summed E-state index contributed by atoms with van der Waals surface area (Å²) in [7, 11) is 1.72. The predicted octanol–water partition coefficient (Wildman–Crippen LogP) is 2.76. The van der Waals surface area contributed by atoms with Crippen molar-refractivity contribution < 1.29 is 9.13 Å². The predicted molar refractivity (Wildman–Crippen MR) is 62.8 cm³/mol. The molecule has 0 spiro atoms. The van der Waals surface area contributed by atoms with Crippen molar-refractivity contribution in [2.75, 3.05) is 12.4 Å². The highest BCUT2D eigenvalue weighted by atomic mass is 19.1. The summed E-state index contributed by atoms with van der Waals surface area (Å²) >= 11 is 0. The Balaban J connectivity index is 2.29. The first kappa shape index (κ1) is 11.3. The molecule has 0 atom stereocenters. The average molecular weight is 233 g/mol. The van der Waals surface area contributed by atoms with Crippen LogP contribution in [0.1, 0.15) is 5.56 Å². The van der Waals surface area contributed by atoms with Gasteiger partial charge in [0.2, 0.25) is 11.8 Å². The van der Waals surface area contributed by atoms with Crippen LogP contribution in [0.2, 0.25) is 0 Å². The SMILES string of the molecule is CNc1ncc(C)c(Oc2cccc(F)c2)n1. The molecule has 1 heterocycles. The molecule has 0 bridgehead atoms. The minimum atomic E-state index is -0.344. The number of nitrogens with zero attached hydrogens (tertiary/aromatic N) is 2. The topological polar surface area (TPSA) is 47.0 Å². The molecule has 0 fully saturated rings. The Bertz CT molecular complexity index is 531. The Hall–Kier alpha value is -2.17. The van der Waals surface area contributed by atoms with E-state index in [0.29, 0.717) is 17.6 Å². The highest BCUT2D eigenvalue weighted by Gasteiger charge is 2.06. The molecule has 0 aliphatic heterocycles. The normalized spacial score (nSPS) is 10.1. The summed E-state index contributed by atoms with van der Waals surface area (Å²) in [5.74, 6) is 0.939. The van der Waals surface area contributed by atoms with Crippen LogP contribution in [0, 0.1) is 12.7 Å². The second-order valence-electron chi connectivity index (χ2n) is 3.49. The third-order valence-corrected chi connectivity index (χ3v) is 2.16. The molecule has 1 aromatic carbocycles. The number of hydrogen-bond donors (Lipinski definition) is 1. The van der Waals surface area contributed by atoms with Gasteiger partial charge in [0.1, 0.15) is 11.6 Å². The molecule has 1 aromatic heterocycles. The van der Waals surface area contributed by atoms with Crippen molar-refractivity contribution in [3.8, 4) is 11.6 Å². The lowest BCUT2D eigenvalue weighted by atomic mass is 10.3. The van der Waals surface area contributed by atoms with Gasteiger partial charge >= 0.3 is 0 Å². The summed E-state index contributed by atoms with van der Waals surface area (Å²) in [5, 5.41) is 2.82. The molecular weight excluding hydrogens is 221 g/mol. The first-order valence-electron chi connectivity index (χ1n) is 5.14. The number of benzene rings is 1. The summed E-state index contributed by atoms with van der Waals surface area (Å²) in [6.07, 6.45) is 1.65. The van der Waals surface area contributed by atoms with Crippen molar-refractivity contribution >= 4 is 5.95 Å².